The fourth-order valence-electron chi connectivity index (χ4n) is 0.956. The van der Waals surface area contributed by atoms with E-state index in [0.29, 0.717) is 6.54 Å². The summed E-state index contributed by atoms with van der Waals surface area (Å²) in [4.78, 5) is 12.3. The van der Waals surface area contributed by atoms with Gasteiger partial charge in [-0.1, -0.05) is 13.0 Å². The minimum atomic E-state index is -0.508. The van der Waals surface area contributed by atoms with E-state index in [0.717, 1.165) is 11.3 Å². The van der Waals surface area contributed by atoms with Gasteiger partial charge in [0.25, 0.3) is 0 Å². The van der Waals surface area contributed by atoms with Crippen molar-refractivity contribution in [1.29, 1.82) is 0 Å². The zero-order valence-corrected chi connectivity index (χ0v) is 8.43. The Morgan fingerprint density at radius 1 is 1.77 bits per heavy atom. The Kier molecular flexibility index (Phi) is 3.92. The second-order valence-corrected chi connectivity index (χ2v) is 3.76. The molecule has 1 amide bonds. The number of carbonyl (C=O) groups is 1. The molecule has 0 spiro atoms. The lowest BCUT2D eigenvalue weighted by atomic mass is 10.2. The van der Waals surface area contributed by atoms with Crippen LogP contribution in [0.2, 0.25) is 0 Å². The average Bonchev–Trinajstić information content (AvgIpc) is 2.65. The summed E-state index contributed by atoms with van der Waals surface area (Å²) in [6.07, 6.45) is 0.933. The van der Waals surface area contributed by atoms with E-state index >= 15 is 0 Å². The molecular weight excluding hydrogens is 184 g/mol. The van der Waals surface area contributed by atoms with E-state index in [2.05, 4.69) is 5.32 Å². The summed E-state index contributed by atoms with van der Waals surface area (Å²) in [5.74, 6) is -0.0932. The number of thiophene rings is 1. The smallest absolute Gasteiger partial charge is 0.242 e. The SMILES string of the molecule is CCCNC(=O)C(N)c1cccs1. The lowest BCUT2D eigenvalue weighted by molar-refractivity contribution is -0.122. The van der Waals surface area contributed by atoms with Crippen molar-refractivity contribution in [3.63, 3.8) is 0 Å². The molecule has 1 unspecified atom stereocenters. The third-order valence-electron chi connectivity index (χ3n) is 1.68. The van der Waals surface area contributed by atoms with Crippen LogP contribution in [-0.4, -0.2) is 12.5 Å². The predicted molar refractivity (Wildman–Crippen MR) is 54.5 cm³/mol. The third kappa shape index (κ3) is 2.82. The molecular formula is C9H14N2OS. The highest BCUT2D eigenvalue weighted by molar-refractivity contribution is 7.10. The van der Waals surface area contributed by atoms with E-state index in [4.69, 9.17) is 5.73 Å². The fourth-order valence-corrected chi connectivity index (χ4v) is 1.68. The van der Waals surface area contributed by atoms with E-state index in [1.807, 2.05) is 24.4 Å². The van der Waals surface area contributed by atoms with E-state index in [9.17, 15) is 4.79 Å². The number of carbonyl (C=O) groups excluding carboxylic acids is 1. The topological polar surface area (TPSA) is 55.1 Å². The molecule has 13 heavy (non-hydrogen) atoms. The summed E-state index contributed by atoms with van der Waals surface area (Å²) in [5.41, 5.74) is 5.72. The van der Waals surface area contributed by atoms with Crippen molar-refractivity contribution in [2.24, 2.45) is 5.73 Å². The van der Waals surface area contributed by atoms with Crippen LogP contribution >= 0.6 is 11.3 Å². The van der Waals surface area contributed by atoms with Gasteiger partial charge in [0.05, 0.1) is 0 Å². The van der Waals surface area contributed by atoms with Crippen LogP contribution in [0, 0.1) is 0 Å². The second kappa shape index (κ2) is 4.99. The average molecular weight is 198 g/mol. The lowest BCUT2D eigenvalue weighted by Crippen LogP contribution is -2.33. The zero-order chi connectivity index (χ0) is 9.68. The first-order valence-electron chi connectivity index (χ1n) is 4.32. The molecule has 0 aliphatic heterocycles. The van der Waals surface area contributed by atoms with Crippen molar-refractivity contribution in [2.45, 2.75) is 19.4 Å². The van der Waals surface area contributed by atoms with Gasteiger partial charge in [-0.25, -0.2) is 0 Å². The Labute approximate surface area is 81.9 Å². The lowest BCUT2D eigenvalue weighted by Gasteiger charge is -2.09. The maximum Gasteiger partial charge on any atom is 0.242 e. The van der Waals surface area contributed by atoms with Crippen molar-refractivity contribution in [2.75, 3.05) is 6.54 Å². The first kappa shape index (κ1) is 10.2. The van der Waals surface area contributed by atoms with Gasteiger partial charge in [-0.05, 0) is 17.9 Å². The van der Waals surface area contributed by atoms with Crippen molar-refractivity contribution >= 4 is 17.2 Å². The predicted octanol–water partition coefficient (Wildman–Crippen LogP) is 1.27. The molecule has 1 aromatic heterocycles. The molecule has 0 bridgehead atoms. The molecule has 0 radical (unpaired) electrons. The molecule has 72 valence electrons. The molecule has 0 aromatic carbocycles. The number of hydrogen-bond donors (Lipinski definition) is 2. The van der Waals surface area contributed by atoms with Gasteiger partial charge in [-0.2, -0.15) is 0 Å². The van der Waals surface area contributed by atoms with Crippen LogP contribution in [0.3, 0.4) is 0 Å². The highest BCUT2D eigenvalue weighted by Gasteiger charge is 2.15. The van der Waals surface area contributed by atoms with Crippen LogP contribution in [0.5, 0.6) is 0 Å². The van der Waals surface area contributed by atoms with Crippen molar-refractivity contribution in [3.05, 3.63) is 22.4 Å². The largest absolute Gasteiger partial charge is 0.354 e. The van der Waals surface area contributed by atoms with Crippen LogP contribution in [0.15, 0.2) is 17.5 Å². The van der Waals surface area contributed by atoms with Gasteiger partial charge < -0.3 is 11.1 Å². The van der Waals surface area contributed by atoms with Crippen LogP contribution in [-0.2, 0) is 4.79 Å². The van der Waals surface area contributed by atoms with Crippen LogP contribution in [0.1, 0.15) is 24.3 Å². The van der Waals surface area contributed by atoms with E-state index in [1.54, 1.807) is 0 Å². The first-order valence-corrected chi connectivity index (χ1v) is 5.20. The Bertz CT molecular complexity index is 259. The minimum Gasteiger partial charge on any atom is -0.354 e. The molecule has 4 heteroatoms. The molecule has 0 aliphatic carbocycles. The fraction of sp³-hybridized carbons (Fsp3) is 0.444. The number of nitrogens with one attached hydrogen (secondary N) is 1. The summed E-state index contributed by atoms with van der Waals surface area (Å²) < 4.78 is 0. The molecule has 3 N–H and O–H groups in total. The van der Waals surface area contributed by atoms with Crippen molar-refractivity contribution in [3.8, 4) is 0 Å². The molecule has 0 saturated carbocycles. The van der Waals surface area contributed by atoms with Crippen LogP contribution in [0.4, 0.5) is 0 Å². The maximum atomic E-state index is 11.4. The summed E-state index contributed by atoms with van der Waals surface area (Å²) in [6, 6.07) is 3.26. The molecule has 1 heterocycles. The maximum absolute atomic E-state index is 11.4. The van der Waals surface area contributed by atoms with E-state index < -0.39 is 6.04 Å². The minimum absolute atomic E-state index is 0.0932. The van der Waals surface area contributed by atoms with Crippen LogP contribution < -0.4 is 11.1 Å². The third-order valence-corrected chi connectivity index (χ3v) is 2.64. The zero-order valence-electron chi connectivity index (χ0n) is 7.62. The Morgan fingerprint density at radius 2 is 2.54 bits per heavy atom. The molecule has 1 aromatic rings. The summed E-state index contributed by atoms with van der Waals surface area (Å²) in [7, 11) is 0. The van der Waals surface area contributed by atoms with Gasteiger partial charge in [-0.15, -0.1) is 11.3 Å². The summed E-state index contributed by atoms with van der Waals surface area (Å²) >= 11 is 1.51. The van der Waals surface area contributed by atoms with Crippen molar-refractivity contribution in [1.82, 2.24) is 5.32 Å². The monoisotopic (exact) mass is 198 g/mol. The van der Waals surface area contributed by atoms with Gasteiger partial charge in [0.15, 0.2) is 0 Å². The van der Waals surface area contributed by atoms with E-state index in [1.165, 1.54) is 11.3 Å². The number of amides is 1. The number of hydrogen-bond acceptors (Lipinski definition) is 3. The molecule has 1 atom stereocenters. The molecule has 0 aliphatic rings. The quantitative estimate of drug-likeness (QED) is 0.765. The van der Waals surface area contributed by atoms with Crippen molar-refractivity contribution < 1.29 is 4.79 Å². The molecule has 3 nitrogen and oxygen atoms in total. The number of nitrogens with two attached hydrogens (primary N) is 1. The van der Waals surface area contributed by atoms with Gasteiger partial charge in [0.2, 0.25) is 5.91 Å². The van der Waals surface area contributed by atoms with Gasteiger partial charge >= 0.3 is 0 Å². The first-order chi connectivity index (χ1) is 6.25. The summed E-state index contributed by atoms with van der Waals surface area (Å²) in [6.45, 7) is 2.70. The van der Waals surface area contributed by atoms with Gasteiger partial charge in [0, 0.05) is 11.4 Å². The van der Waals surface area contributed by atoms with E-state index in [-0.39, 0.29) is 5.91 Å². The van der Waals surface area contributed by atoms with Crippen LogP contribution in [0.25, 0.3) is 0 Å². The Morgan fingerprint density at radius 3 is 3.08 bits per heavy atom. The molecule has 0 fully saturated rings. The standard InChI is InChI=1S/C9H14N2OS/c1-2-5-11-9(12)8(10)7-4-3-6-13-7/h3-4,6,8H,2,5,10H2,1H3,(H,11,12). The Balaban J connectivity index is 2.48. The van der Waals surface area contributed by atoms with Gasteiger partial charge in [0.1, 0.15) is 6.04 Å². The summed E-state index contributed by atoms with van der Waals surface area (Å²) in [5, 5.41) is 4.68. The normalized spacial score (nSPS) is 12.5. The second-order valence-electron chi connectivity index (χ2n) is 2.78. The molecule has 0 saturated heterocycles. The molecule has 1 rings (SSSR count). The highest BCUT2D eigenvalue weighted by Crippen LogP contribution is 2.16. The Hall–Kier alpha value is -0.870. The van der Waals surface area contributed by atoms with Gasteiger partial charge in [-0.3, -0.25) is 4.79 Å². The highest BCUT2D eigenvalue weighted by atomic mass is 32.1. The number of rotatable bonds is 4.